The van der Waals surface area contributed by atoms with Gasteiger partial charge >= 0.3 is 5.97 Å². The van der Waals surface area contributed by atoms with Gasteiger partial charge in [0.1, 0.15) is 0 Å². The van der Waals surface area contributed by atoms with E-state index in [9.17, 15) is 9.90 Å². The molecule has 1 aromatic rings. The SMILES string of the molecule is N#Cc1ccc(CCCCCC2(C(=O)O)CCCCC2)cc1. The van der Waals surface area contributed by atoms with Gasteiger partial charge in [0.15, 0.2) is 0 Å². The largest absolute Gasteiger partial charge is 0.481 e. The molecule has 1 saturated carbocycles. The standard InChI is InChI=1S/C19H25NO2/c20-15-17-10-8-16(9-11-17)7-3-1-4-12-19(18(21)22)13-5-2-6-14-19/h8-11H,1-7,12-14H2,(H,21,22). The minimum Gasteiger partial charge on any atom is -0.481 e. The summed E-state index contributed by atoms with van der Waals surface area (Å²) in [4.78, 5) is 11.6. The Bertz CT molecular complexity index is 521. The van der Waals surface area contributed by atoms with Crippen molar-refractivity contribution in [2.45, 2.75) is 64.2 Å². The molecule has 2 rings (SSSR count). The van der Waals surface area contributed by atoms with Gasteiger partial charge in [0, 0.05) is 0 Å². The van der Waals surface area contributed by atoms with Gasteiger partial charge in [-0.2, -0.15) is 5.26 Å². The smallest absolute Gasteiger partial charge is 0.309 e. The number of aryl methyl sites for hydroxylation is 1. The van der Waals surface area contributed by atoms with Crippen molar-refractivity contribution in [3.8, 4) is 6.07 Å². The number of hydrogen-bond acceptors (Lipinski definition) is 2. The van der Waals surface area contributed by atoms with Gasteiger partial charge in [-0.1, -0.05) is 44.2 Å². The summed E-state index contributed by atoms with van der Waals surface area (Å²) in [5.41, 5.74) is 1.52. The van der Waals surface area contributed by atoms with E-state index in [4.69, 9.17) is 5.26 Å². The molecule has 1 N–H and O–H groups in total. The first-order valence-corrected chi connectivity index (χ1v) is 8.39. The molecule has 0 heterocycles. The van der Waals surface area contributed by atoms with E-state index in [-0.39, 0.29) is 0 Å². The summed E-state index contributed by atoms with van der Waals surface area (Å²) in [6.45, 7) is 0. The monoisotopic (exact) mass is 299 g/mol. The van der Waals surface area contributed by atoms with Gasteiger partial charge in [0.25, 0.3) is 0 Å². The lowest BCUT2D eigenvalue weighted by molar-refractivity contribution is -0.151. The highest BCUT2D eigenvalue weighted by Crippen LogP contribution is 2.40. The Morgan fingerprint density at radius 1 is 1.09 bits per heavy atom. The molecule has 0 aliphatic heterocycles. The van der Waals surface area contributed by atoms with Crippen molar-refractivity contribution in [3.05, 3.63) is 35.4 Å². The number of benzene rings is 1. The fourth-order valence-corrected chi connectivity index (χ4v) is 3.51. The third-order valence-electron chi connectivity index (χ3n) is 4.97. The second kappa shape index (κ2) is 7.98. The summed E-state index contributed by atoms with van der Waals surface area (Å²) < 4.78 is 0. The van der Waals surface area contributed by atoms with E-state index in [0.717, 1.165) is 57.8 Å². The number of unbranched alkanes of at least 4 members (excludes halogenated alkanes) is 2. The number of carboxylic acid groups (broad SMARTS) is 1. The Labute approximate surface area is 133 Å². The predicted molar refractivity (Wildman–Crippen MR) is 86.5 cm³/mol. The number of nitriles is 1. The van der Waals surface area contributed by atoms with Crippen LogP contribution in [0.15, 0.2) is 24.3 Å². The number of hydrogen-bond donors (Lipinski definition) is 1. The van der Waals surface area contributed by atoms with Crippen LogP contribution in [0.5, 0.6) is 0 Å². The van der Waals surface area contributed by atoms with E-state index in [1.807, 2.05) is 24.3 Å². The maximum absolute atomic E-state index is 11.6. The maximum atomic E-state index is 11.6. The Morgan fingerprint density at radius 2 is 1.77 bits per heavy atom. The molecule has 0 amide bonds. The third kappa shape index (κ3) is 4.34. The van der Waals surface area contributed by atoms with Gasteiger partial charge in [-0.15, -0.1) is 0 Å². The van der Waals surface area contributed by atoms with Crippen molar-refractivity contribution in [1.29, 1.82) is 5.26 Å². The highest BCUT2D eigenvalue weighted by Gasteiger charge is 2.38. The zero-order valence-electron chi connectivity index (χ0n) is 13.2. The number of aliphatic carboxylic acids is 1. The average Bonchev–Trinajstić information content (AvgIpc) is 2.56. The van der Waals surface area contributed by atoms with E-state index >= 15 is 0 Å². The van der Waals surface area contributed by atoms with Crippen LogP contribution in [0.2, 0.25) is 0 Å². The van der Waals surface area contributed by atoms with E-state index in [2.05, 4.69) is 6.07 Å². The molecule has 118 valence electrons. The van der Waals surface area contributed by atoms with Gasteiger partial charge in [0.05, 0.1) is 17.0 Å². The molecule has 22 heavy (non-hydrogen) atoms. The molecule has 3 heteroatoms. The Hall–Kier alpha value is -1.82. The molecule has 3 nitrogen and oxygen atoms in total. The van der Waals surface area contributed by atoms with Crippen LogP contribution in [-0.4, -0.2) is 11.1 Å². The molecule has 0 spiro atoms. The molecule has 0 radical (unpaired) electrons. The van der Waals surface area contributed by atoms with Crippen LogP contribution in [0.3, 0.4) is 0 Å². The molecule has 0 atom stereocenters. The van der Waals surface area contributed by atoms with Crippen LogP contribution in [0.4, 0.5) is 0 Å². The highest BCUT2D eigenvalue weighted by atomic mass is 16.4. The Kier molecular flexibility index (Phi) is 6.00. The second-order valence-electron chi connectivity index (χ2n) is 6.52. The van der Waals surface area contributed by atoms with Crippen LogP contribution < -0.4 is 0 Å². The molecule has 0 saturated heterocycles. The summed E-state index contributed by atoms with van der Waals surface area (Å²) in [6, 6.07) is 9.87. The lowest BCUT2D eigenvalue weighted by Crippen LogP contribution is -2.33. The normalized spacial score (nSPS) is 16.9. The molecule has 0 unspecified atom stereocenters. The highest BCUT2D eigenvalue weighted by molar-refractivity contribution is 5.74. The summed E-state index contributed by atoms with van der Waals surface area (Å²) >= 11 is 0. The van der Waals surface area contributed by atoms with Crippen LogP contribution in [0.25, 0.3) is 0 Å². The summed E-state index contributed by atoms with van der Waals surface area (Å²) in [5, 5.41) is 18.3. The summed E-state index contributed by atoms with van der Waals surface area (Å²) in [7, 11) is 0. The van der Waals surface area contributed by atoms with E-state index in [1.165, 1.54) is 12.0 Å². The number of nitrogens with zero attached hydrogens (tertiary/aromatic N) is 1. The molecule has 0 bridgehead atoms. The lowest BCUT2D eigenvalue weighted by Gasteiger charge is -2.33. The van der Waals surface area contributed by atoms with Gasteiger partial charge in [-0.3, -0.25) is 4.79 Å². The molecule has 1 aliphatic rings. The van der Waals surface area contributed by atoms with Crippen molar-refractivity contribution >= 4 is 5.97 Å². The minimum atomic E-state index is -0.584. The van der Waals surface area contributed by atoms with Crippen molar-refractivity contribution in [3.63, 3.8) is 0 Å². The summed E-state index contributed by atoms with van der Waals surface area (Å²) in [5.74, 6) is -0.584. The zero-order chi connectivity index (χ0) is 15.8. The average molecular weight is 299 g/mol. The molecule has 1 aliphatic carbocycles. The zero-order valence-corrected chi connectivity index (χ0v) is 13.2. The van der Waals surface area contributed by atoms with E-state index in [1.54, 1.807) is 0 Å². The van der Waals surface area contributed by atoms with Gasteiger partial charge in [0.2, 0.25) is 0 Å². The quantitative estimate of drug-likeness (QED) is 0.742. The summed E-state index contributed by atoms with van der Waals surface area (Å²) in [6.07, 6.45) is 10.0. The molecule has 0 aromatic heterocycles. The fourth-order valence-electron chi connectivity index (χ4n) is 3.51. The second-order valence-corrected chi connectivity index (χ2v) is 6.52. The molecular weight excluding hydrogens is 274 g/mol. The number of carboxylic acids is 1. The van der Waals surface area contributed by atoms with Crippen molar-refractivity contribution in [1.82, 2.24) is 0 Å². The molecule has 1 aromatic carbocycles. The van der Waals surface area contributed by atoms with Crippen LogP contribution in [-0.2, 0) is 11.2 Å². The Morgan fingerprint density at radius 3 is 2.36 bits per heavy atom. The van der Waals surface area contributed by atoms with Crippen LogP contribution >= 0.6 is 0 Å². The first kappa shape index (κ1) is 16.5. The predicted octanol–water partition coefficient (Wildman–Crippen LogP) is 4.70. The Balaban J connectivity index is 1.71. The lowest BCUT2D eigenvalue weighted by atomic mass is 9.71. The van der Waals surface area contributed by atoms with Crippen molar-refractivity contribution in [2.24, 2.45) is 5.41 Å². The fraction of sp³-hybridized carbons (Fsp3) is 0.579. The first-order chi connectivity index (χ1) is 10.7. The number of rotatable bonds is 7. The van der Waals surface area contributed by atoms with Gasteiger partial charge in [-0.25, -0.2) is 0 Å². The van der Waals surface area contributed by atoms with Gasteiger partial charge in [-0.05, 0) is 49.8 Å². The topological polar surface area (TPSA) is 61.1 Å². The molecular formula is C19H25NO2. The third-order valence-corrected chi connectivity index (χ3v) is 4.97. The minimum absolute atomic E-state index is 0.438. The van der Waals surface area contributed by atoms with Gasteiger partial charge < -0.3 is 5.11 Å². The molecule has 1 fully saturated rings. The van der Waals surface area contributed by atoms with E-state index in [0.29, 0.717) is 5.56 Å². The number of carbonyl (C=O) groups is 1. The van der Waals surface area contributed by atoms with Crippen LogP contribution in [0, 0.1) is 16.7 Å². The van der Waals surface area contributed by atoms with Crippen molar-refractivity contribution < 1.29 is 9.90 Å². The first-order valence-electron chi connectivity index (χ1n) is 8.39. The van der Waals surface area contributed by atoms with Crippen molar-refractivity contribution in [2.75, 3.05) is 0 Å². The van der Waals surface area contributed by atoms with Crippen LogP contribution in [0.1, 0.15) is 68.9 Å². The maximum Gasteiger partial charge on any atom is 0.309 e. The van der Waals surface area contributed by atoms with E-state index < -0.39 is 11.4 Å².